The molecule has 1 unspecified atom stereocenters. The van der Waals surface area contributed by atoms with E-state index in [0.717, 1.165) is 31.5 Å². The average molecular weight is 275 g/mol. The highest BCUT2D eigenvalue weighted by Crippen LogP contribution is 2.18. The molecule has 0 saturated carbocycles. The Hall–Kier alpha value is -1.39. The van der Waals surface area contributed by atoms with Crippen molar-refractivity contribution >= 4 is 17.0 Å². The Morgan fingerprint density at radius 3 is 3.00 bits per heavy atom. The maximum absolute atomic E-state index is 5.77. The fraction of sp³-hybridized carbons (Fsp3) is 0.400. The predicted octanol–water partition coefficient (Wildman–Crippen LogP) is 3.40. The number of rotatable bonds is 7. The van der Waals surface area contributed by atoms with Gasteiger partial charge in [0.1, 0.15) is 5.01 Å². The molecule has 0 saturated heterocycles. The molecule has 0 aliphatic rings. The van der Waals surface area contributed by atoms with E-state index < -0.39 is 0 Å². The Balaban J connectivity index is 1.74. The lowest BCUT2D eigenvalue weighted by molar-refractivity contribution is 0.508. The van der Waals surface area contributed by atoms with E-state index in [-0.39, 0.29) is 0 Å². The van der Waals surface area contributed by atoms with Crippen LogP contribution < -0.4 is 11.1 Å². The molecular formula is C15H21N3S. The molecule has 1 heterocycles. The van der Waals surface area contributed by atoms with Gasteiger partial charge in [0.05, 0.1) is 6.04 Å². The number of benzene rings is 1. The van der Waals surface area contributed by atoms with Crippen LogP contribution in [0.15, 0.2) is 35.8 Å². The number of hydrogen-bond donors (Lipinski definition) is 2. The molecule has 3 N–H and O–H groups in total. The molecule has 0 fully saturated rings. The maximum atomic E-state index is 5.77. The van der Waals surface area contributed by atoms with Gasteiger partial charge in [0.15, 0.2) is 0 Å². The van der Waals surface area contributed by atoms with E-state index >= 15 is 0 Å². The summed E-state index contributed by atoms with van der Waals surface area (Å²) in [6.45, 7) is 3.20. The minimum absolute atomic E-state index is 0.390. The fourth-order valence-electron chi connectivity index (χ4n) is 2.13. The number of nitrogens with two attached hydrogens (primary N) is 1. The summed E-state index contributed by atoms with van der Waals surface area (Å²) in [7, 11) is 0. The lowest BCUT2D eigenvalue weighted by atomic mass is 10.1. The first-order valence-electron chi connectivity index (χ1n) is 6.76. The van der Waals surface area contributed by atoms with Gasteiger partial charge in [-0.3, -0.25) is 0 Å². The molecule has 2 rings (SSSR count). The zero-order valence-electron chi connectivity index (χ0n) is 11.3. The smallest absolute Gasteiger partial charge is 0.109 e. The topological polar surface area (TPSA) is 50.9 Å². The van der Waals surface area contributed by atoms with E-state index in [1.54, 1.807) is 11.3 Å². The third kappa shape index (κ3) is 4.33. The molecular weight excluding hydrogens is 254 g/mol. The molecule has 0 aliphatic carbocycles. The van der Waals surface area contributed by atoms with Gasteiger partial charge in [-0.1, -0.05) is 19.1 Å². The molecule has 1 aromatic heterocycles. The summed E-state index contributed by atoms with van der Waals surface area (Å²) in [6, 6.07) is 8.52. The Labute approximate surface area is 118 Å². The van der Waals surface area contributed by atoms with Crippen molar-refractivity contribution in [2.45, 2.75) is 32.2 Å². The van der Waals surface area contributed by atoms with Gasteiger partial charge >= 0.3 is 0 Å². The number of hydrogen-bond acceptors (Lipinski definition) is 4. The Bertz CT molecular complexity index is 482. The van der Waals surface area contributed by atoms with Crippen molar-refractivity contribution in [3.63, 3.8) is 0 Å². The van der Waals surface area contributed by atoms with Crippen molar-refractivity contribution in [1.29, 1.82) is 0 Å². The molecule has 0 amide bonds. The molecule has 2 aromatic rings. The van der Waals surface area contributed by atoms with Gasteiger partial charge in [0, 0.05) is 17.3 Å². The number of nitrogens with one attached hydrogen (secondary N) is 1. The average Bonchev–Trinajstić information content (AvgIpc) is 2.93. The lowest BCUT2D eigenvalue weighted by Gasteiger charge is -2.14. The second kappa shape index (κ2) is 7.26. The first kappa shape index (κ1) is 14.0. The molecule has 0 bridgehead atoms. The number of aromatic nitrogens is 1. The summed E-state index contributed by atoms with van der Waals surface area (Å²) in [6.07, 6.45) is 5.13. The summed E-state index contributed by atoms with van der Waals surface area (Å²) in [5, 5.41) is 6.79. The zero-order valence-corrected chi connectivity index (χ0v) is 12.1. The minimum Gasteiger partial charge on any atom is -0.399 e. The summed E-state index contributed by atoms with van der Waals surface area (Å²) < 4.78 is 0. The Kier molecular flexibility index (Phi) is 5.36. The largest absolute Gasteiger partial charge is 0.399 e. The normalized spacial score (nSPS) is 12.5. The molecule has 0 spiro atoms. The molecule has 1 aromatic carbocycles. The lowest BCUT2D eigenvalue weighted by Crippen LogP contribution is -2.22. The first-order chi connectivity index (χ1) is 9.29. The highest BCUT2D eigenvalue weighted by molar-refractivity contribution is 7.09. The Morgan fingerprint density at radius 2 is 2.32 bits per heavy atom. The van der Waals surface area contributed by atoms with E-state index in [0.29, 0.717) is 6.04 Å². The van der Waals surface area contributed by atoms with Gasteiger partial charge < -0.3 is 11.1 Å². The quantitative estimate of drug-likeness (QED) is 0.601. The van der Waals surface area contributed by atoms with Gasteiger partial charge in [-0.15, -0.1) is 11.3 Å². The van der Waals surface area contributed by atoms with Crippen LogP contribution in [0.4, 0.5) is 5.69 Å². The predicted molar refractivity (Wildman–Crippen MR) is 82.3 cm³/mol. The standard InChI is InChI=1S/C15H21N3S/c1-2-14(15-18-9-10-19-15)17-8-4-6-12-5-3-7-13(16)11-12/h3,5,7,9-11,14,17H,2,4,6,8,16H2,1H3. The van der Waals surface area contributed by atoms with Crippen molar-refractivity contribution < 1.29 is 0 Å². The second-order valence-electron chi connectivity index (χ2n) is 4.63. The van der Waals surface area contributed by atoms with E-state index in [1.165, 1.54) is 10.6 Å². The molecule has 0 radical (unpaired) electrons. The number of nitrogens with zero attached hydrogens (tertiary/aromatic N) is 1. The van der Waals surface area contributed by atoms with E-state index in [2.05, 4.69) is 29.4 Å². The fourth-order valence-corrected chi connectivity index (χ4v) is 2.93. The summed E-state index contributed by atoms with van der Waals surface area (Å²) in [4.78, 5) is 4.38. The van der Waals surface area contributed by atoms with Crippen molar-refractivity contribution in [2.75, 3.05) is 12.3 Å². The van der Waals surface area contributed by atoms with E-state index in [4.69, 9.17) is 5.73 Å². The summed E-state index contributed by atoms with van der Waals surface area (Å²) in [5.41, 5.74) is 7.93. The van der Waals surface area contributed by atoms with Crippen LogP contribution in [0.3, 0.4) is 0 Å². The van der Waals surface area contributed by atoms with Gasteiger partial charge in [-0.2, -0.15) is 0 Å². The first-order valence-corrected chi connectivity index (χ1v) is 7.64. The van der Waals surface area contributed by atoms with Crippen LogP contribution in [0.2, 0.25) is 0 Å². The van der Waals surface area contributed by atoms with E-state index in [9.17, 15) is 0 Å². The van der Waals surface area contributed by atoms with Gasteiger partial charge in [-0.25, -0.2) is 4.98 Å². The summed E-state index contributed by atoms with van der Waals surface area (Å²) in [5.74, 6) is 0. The SMILES string of the molecule is CCC(NCCCc1cccc(N)c1)c1nccs1. The third-order valence-corrected chi connectivity index (χ3v) is 4.03. The minimum atomic E-state index is 0.390. The molecule has 1 atom stereocenters. The maximum Gasteiger partial charge on any atom is 0.109 e. The highest BCUT2D eigenvalue weighted by atomic mass is 32.1. The molecule has 3 nitrogen and oxygen atoms in total. The van der Waals surface area contributed by atoms with Crippen LogP contribution in [-0.2, 0) is 6.42 Å². The summed E-state index contributed by atoms with van der Waals surface area (Å²) >= 11 is 1.72. The highest BCUT2D eigenvalue weighted by Gasteiger charge is 2.10. The molecule has 19 heavy (non-hydrogen) atoms. The van der Waals surface area contributed by atoms with Crippen molar-refractivity contribution in [3.05, 3.63) is 46.4 Å². The number of thiazole rings is 1. The van der Waals surface area contributed by atoms with Gasteiger partial charge in [0.2, 0.25) is 0 Å². The van der Waals surface area contributed by atoms with Crippen molar-refractivity contribution in [2.24, 2.45) is 0 Å². The monoisotopic (exact) mass is 275 g/mol. The second-order valence-corrected chi connectivity index (χ2v) is 5.56. The molecule has 102 valence electrons. The number of nitrogen functional groups attached to an aromatic ring is 1. The van der Waals surface area contributed by atoms with E-state index in [1.807, 2.05) is 23.7 Å². The third-order valence-electron chi connectivity index (χ3n) is 3.14. The number of aryl methyl sites for hydroxylation is 1. The van der Waals surface area contributed by atoms with Gasteiger partial charge in [-0.05, 0) is 43.5 Å². The Morgan fingerprint density at radius 1 is 1.42 bits per heavy atom. The van der Waals surface area contributed by atoms with Crippen LogP contribution in [-0.4, -0.2) is 11.5 Å². The van der Waals surface area contributed by atoms with Crippen LogP contribution in [0.25, 0.3) is 0 Å². The zero-order chi connectivity index (χ0) is 13.5. The van der Waals surface area contributed by atoms with Crippen LogP contribution >= 0.6 is 11.3 Å². The van der Waals surface area contributed by atoms with Crippen LogP contribution in [0.1, 0.15) is 36.4 Å². The number of anilines is 1. The van der Waals surface area contributed by atoms with Crippen LogP contribution in [0.5, 0.6) is 0 Å². The molecule has 4 heteroatoms. The molecule has 0 aliphatic heterocycles. The van der Waals surface area contributed by atoms with Gasteiger partial charge in [0.25, 0.3) is 0 Å². The van der Waals surface area contributed by atoms with Crippen molar-refractivity contribution in [3.8, 4) is 0 Å². The van der Waals surface area contributed by atoms with Crippen LogP contribution in [0, 0.1) is 0 Å². The van der Waals surface area contributed by atoms with Crippen molar-refractivity contribution in [1.82, 2.24) is 10.3 Å².